The molecule has 1 aliphatic rings. The lowest BCUT2D eigenvalue weighted by atomic mass is 10.2. The Bertz CT molecular complexity index is 403. The average Bonchev–Trinajstić information content (AvgIpc) is 2.97. The first kappa shape index (κ1) is 15.3. The molecule has 1 N–H and O–H groups in total. The maximum absolute atomic E-state index is 9.78. The van der Waals surface area contributed by atoms with E-state index in [-0.39, 0.29) is 0 Å². The molecule has 1 aromatic rings. The molecule has 2 rings (SSSR count). The fraction of sp³-hybridized carbons (Fsp3) is 0.688. The minimum Gasteiger partial charge on any atom is -0.387 e. The smallest absolute Gasteiger partial charge is 0.0957 e. The number of pyridine rings is 1. The first-order valence-electron chi connectivity index (χ1n) is 7.82. The highest BCUT2D eigenvalue weighted by Gasteiger charge is 2.26. The van der Waals surface area contributed by atoms with E-state index in [4.69, 9.17) is 0 Å². The molecule has 112 valence electrons. The summed E-state index contributed by atoms with van der Waals surface area (Å²) in [6.45, 7) is 10.8. The van der Waals surface area contributed by atoms with E-state index >= 15 is 0 Å². The Morgan fingerprint density at radius 1 is 1.35 bits per heavy atom. The van der Waals surface area contributed by atoms with E-state index in [1.54, 1.807) is 0 Å². The summed E-state index contributed by atoms with van der Waals surface area (Å²) in [4.78, 5) is 9.33. The minimum atomic E-state index is -0.439. The summed E-state index contributed by atoms with van der Waals surface area (Å²) < 4.78 is 0. The van der Waals surface area contributed by atoms with Crippen molar-refractivity contribution >= 4 is 5.69 Å². The van der Waals surface area contributed by atoms with Crippen LogP contribution in [0.1, 0.15) is 45.4 Å². The first-order valence-corrected chi connectivity index (χ1v) is 7.82. The van der Waals surface area contributed by atoms with Crippen LogP contribution in [-0.2, 0) is 0 Å². The Morgan fingerprint density at radius 3 is 2.65 bits per heavy atom. The van der Waals surface area contributed by atoms with Gasteiger partial charge in [-0.3, -0.25) is 9.88 Å². The summed E-state index contributed by atoms with van der Waals surface area (Å²) in [6.07, 6.45) is 3.39. The molecule has 1 aromatic heterocycles. The van der Waals surface area contributed by atoms with Crippen LogP contribution >= 0.6 is 0 Å². The molecule has 20 heavy (non-hydrogen) atoms. The Labute approximate surface area is 122 Å². The van der Waals surface area contributed by atoms with Crippen LogP contribution in [0.25, 0.3) is 0 Å². The van der Waals surface area contributed by atoms with Gasteiger partial charge in [0.05, 0.1) is 23.7 Å². The van der Waals surface area contributed by atoms with Crippen molar-refractivity contribution < 1.29 is 5.11 Å². The molecule has 4 heteroatoms. The Kier molecular flexibility index (Phi) is 5.38. The SMILES string of the molecule is CCC(O)c1ccc(N2CCC(N(CC)CC)C2)cn1. The lowest BCUT2D eigenvalue weighted by Gasteiger charge is -2.26. The van der Waals surface area contributed by atoms with Gasteiger partial charge in [-0.05, 0) is 38.1 Å². The second-order valence-corrected chi connectivity index (χ2v) is 5.48. The van der Waals surface area contributed by atoms with Crippen molar-refractivity contribution in [3.63, 3.8) is 0 Å². The summed E-state index contributed by atoms with van der Waals surface area (Å²) in [5, 5.41) is 9.78. The van der Waals surface area contributed by atoms with Crippen LogP contribution in [0, 0.1) is 0 Å². The normalized spacial score (nSPS) is 20.6. The van der Waals surface area contributed by atoms with Crippen molar-refractivity contribution in [3.8, 4) is 0 Å². The molecule has 1 aliphatic heterocycles. The number of hydrogen-bond acceptors (Lipinski definition) is 4. The topological polar surface area (TPSA) is 39.6 Å². The van der Waals surface area contributed by atoms with Crippen LogP contribution in [0.5, 0.6) is 0 Å². The molecular formula is C16H27N3O. The first-order chi connectivity index (χ1) is 9.69. The molecule has 0 saturated carbocycles. The van der Waals surface area contributed by atoms with Crippen LogP contribution < -0.4 is 4.90 Å². The Balaban J connectivity index is 1.99. The van der Waals surface area contributed by atoms with Crippen LogP contribution in [0.4, 0.5) is 5.69 Å². The highest BCUT2D eigenvalue weighted by atomic mass is 16.3. The summed E-state index contributed by atoms with van der Waals surface area (Å²) in [6, 6.07) is 4.70. The molecule has 2 unspecified atom stereocenters. The van der Waals surface area contributed by atoms with Gasteiger partial charge in [-0.25, -0.2) is 0 Å². The zero-order chi connectivity index (χ0) is 14.5. The van der Waals surface area contributed by atoms with E-state index in [1.807, 2.05) is 19.2 Å². The number of hydrogen-bond donors (Lipinski definition) is 1. The lowest BCUT2D eigenvalue weighted by Crippen LogP contribution is -2.37. The molecule has 0 amide bonds. The molecule has 0 aromatic carbocycles. The van der Waals surface area contributed by atoms with Gasteiger partial charge in [0.15, 0.2) is 0 Å². The van der Waals surface area contributed by atoms with Gasteiger partial charge in [0.2, 0.25) is 0 Å². The third kappa shape index (κ3) is 3.30. The number of anilines is 1. The van der Waals surface area contributed by atoms with Crippen molar-refractivity contribution in [2.75, 3.05) is 31.1 Å². The Hall–Kier alpha value is -1.13. The minimum absolute atomic E-state index is 0.439. The van der Waals surface area contributed by atoms with Crippen LogP contribution in [-0.4, -0.2) is 47.2 Å². The number of rotatable bonds is 6. The quantitative estimate of drug-likeness (QED) is 0.867. The standard InChI is InChI=1S/C16H27N3O/c1-4-16(20)15-8-7-13(11-17-15)19-10-9-14(12-19)18(5-2)6-3/h7-8,11,14,16,20H,4-6,9-10,12H2,1-3H3. The average molecular weight is 277 g/mol. The van der Waals surface area contributed by atoms with Crippen molar-refractivity contribution in [1.29, 1.82) is 0 Å². The van der Waals surface area contributed by atoms with Crippen molar-refractivity contribution in [3.05, 3.63) is 24.0 Å². The van der Waals surface area contributed by atoms with Gasteiger partial charge in [0, 0.05) is 19.1 Å². The van der Waals surface area contributed by atoms with Crippen LogP contribution in [0.2, 0.25) is 0 Å². The van der Waals surface area contributed by atoms with E-state index in [1.165, 1.54) is 12.1 Å². The highest BCUT2D eigenvalue weighted by Crippen LogP contribution is 2.24. The van der Waals surface area contributed by atoms with Gasteiger partial charge in [-0.15, -0.1) is 0 Å². The molecular weight excluding hydrogens is 250 g/mol. The third-order valence-electron chi connectivity index (χ3n) is 4.36. The number of aliphatic hydroxyl groups is 1. The summed E-state index contributed by atoms with van der Waals surface area (Å²) >= 11 is 0. The van der Waals surface area contributed by atoms with Crippen LogP contribution in [0.15, 0.2) is 18.3 Å². The van der Waals surface area contributed by atoms with E-state index in [0.717, 1.165) is 31.9 Å². The monoisotopic (exact) mass is 277 g/mol. The molecule has 1 fully saturated rings. The second-order valence-electron chi connectivity index (χ2n) is 5.48. The van der Waals surface area contributed by atoms with E-state index in [2.05, 4.69) is 34.7 Å². The van der Waals surface area contributed by atoms with Crippen molar-refractivity contribution in [2.24, 2.45) is 0 Å². The predicted octanol–water partition coefficient (Wildman–Crippen LogP) is 2.45. The lowest BCUT2D eigenvalue weighted by molar-refractivity contribution is 0.169. The zero-order valence-electron chi connectivity index (χ0n) is 12.9. The van der Waals surface area contributed by atoms with Gasteiger partial charge in [0.25, 0.3) is 0 Å². The summed E-state index contributed by atoms with van der Waals surface area (Å²) in [5.74, 6) is 0. The molecule has 0 bridgehead atoms. The van der Waals surface area contributed by atoms with Gasteiger partial charge < -0.3 is 10.0 Å². The van der Waals surface area contributed by atoms with Gasteiger partial charge in [-0.1, -0.05) is 20.8 Å². The second kappa shape index (κ2) is 7.04. The molecule has 2 atom stereocenters. The summed E-state index contributed by atoms with van der Waals surface area (Å²) in [5.41, 5.74) is 1.95. The summed E-state index contributed by atoms with van der Waals surface area (Å²) in [7, 11) is 0. The molecule has 1 saturated heterocycles. The number of aromatic nitrogens is 1. The largest absolute Gasteiger partial charge is 0.387 e. The molecule has 0 aliphatic carbocycles. The maximum atomic E-state index is 9.78. The molecule has 2 heterocycles. The van der Waals surface area contributed by atoms with E-state index in [9.17, 15) is 5.11 Å². The molecule has 0 spiro atoms. The van der Waals surface area contributed by atoms with Gasteiger partial charge in [-0.2, -0.15) is 0 Å². The fourth-order valence-corrected chi connectivity index (χ4v) is 3.01. The number of likely N-dealkylation sites (N-methyl/N-ethyl adjacent to an activating group) is 1. The van der Waals surface area contributed by atoms with E-state index in [0.29, 0.717) is 12.5 Å². The van der Waals surface area contributed by atoms with Crippen molar-refractivity contribution in [1.82, 2.24) is 9.88 Å². The van der Waals surface area contributed by atoms with Crippen LogP contribution in [0.3, 0.4) is 0 Å². The fourth-order valence-electron chi connectivity index (χ4n) is 3.01. The zero-order valence-corrected chi connectivity index (χ0v) is 12.9. The van der Waals surface area contributed by atoms with Crippen molar-refractivity contribution in [2.45, 2.75) is 45.8 Å². The van der Waals surface area contributed by atoms with Gasteiger partial charge >= 0.3 is 0 Å². The third-order valence-corrected chi connectivity index (χ3v) is 4.36. The maximum Gasteiger partial charge on any atom is 0.0957 e. The number of aliphatic hydroxyl groups excluding tert-OH is 1. The van der Waals surface area contributed by atoms with E-state index < -0.39 is 6.10 Å². The Morgan fingerprint density at radius 2 is 2.10 bits per heavy atom. The predicted molar refractivity (Wildman–Crippen MR) is 83.0 cm³/mol. The molecule has 0 radical (unpaired) electrons. The number of nitrogens with zero attached hydrogens (tertiary/aromatic N) is 3. The molecule has 4 nitrogen and oxygen atoms in total. The highest BCUT2D eigenvalue weighted by molar-refractivity contribution is 5.46. The van der Waals surface area contributed by atoms with Gasteiger partial charge in [0.1, 0.15) is 0 Å².